The maximum Gasteiger partial charge on any atom is 0.143 e. The van der Waals surface area contributed by atoms with Gasteiger partial charge in [0.2, 0.25) is 0 Å². The molecule has 0 aromatic rings. The van der Waals surface area contributed by atoms with E-state index in [4.69, 9.17) is 24.4 Å². The van der Waals surface area contributed by atoms with Gasteiger partial charge in [0.15, 0.2) is 0 Å². The quantitative estimate of drug-likeness (QED) is 0.214. The van der Waals surface area contributed by atoms with E-state index < -0.39 is 80.9 Å². The van der Waals surface area contributed by atoms with E-state index in [0.29, 0.717) is 0 Å². The van der Waals surface area contributed by atoms with Crippen molar-refractivity contribution in [3.63, 3.8) is 0 Å². The van der Waals surface area contributed by atoms with E-state index in [9.17, 15) is 30.6 Å². The number of aliphatic hydroxyl groups is 8. The maximum absolute atomic E-state index is 10.0. The van der Waals surface area contributed by atoms with Crippen LogP contribution < -0.4 is 0 Å². The summed E-state index contributed by atoms with van der Waals surface area (Å²) in [6.07, 6.45) is -10.7. The van der Waals surface area contributed by atoms with E-state index in [-0.39, 0.29) is 6.61 Å². The molecule has 148 valence electrons. The van der Waals surface area contributed by atoms with Crippen LogP contribution in [-0.4, -0.2) is 128 Å². The van der Waals surface area contributed by atoms with Gasteiger partial charge in [0.05, 0.1) is 33.0 Å². The smallest absolute Gasteiger partial charge is 0.143 e. The summed E-state index contributed by atoms with van der Waals surface area (Å²) < 4.78 is 15.9. The van der Waals surface area contributed by atoms with E-state index in [2.05, 4.69) is 0 Å². The molecule has 11 nitrogen and oxygen atoms in total. The Bertz CT molecular complexity index is 422. The Labute approximate surface area is 143 Å². The number of hydrogen-bond acceptors (Lipinski definition) is 11. The van der Waals surface area contributed by atoms with Crippen LogP contribution >= 0.6 is 0 Å². The second-order valence-electron chi connectivity index (χ2n) is 6.38. The fraction of sp³-hybridized carbons (Fsp3) is 1.00. The fourth-order valence-corrected chi connectivity index (χ4v) is 3.06. The molecule has 2 rings (SSSR count). The third-order valence-corrected chi connectivity index (χ3v) is 4.70. The van der Waals surface area contributed by atoms with Crippen LogP contribution in [0.3, 0.4) is 0 Å². The van der Waals surface area contributed by atoms with Crippen molar-refractivity contribution in [1.82, 2.24) is 0 Å². The third kappa shape index (κ3) is 3.96. The van der Waals surface area contributed by atoms with E-state index >= 15 is 0 Å². The highest BCUT2D eigenvalue weighted by Gasteiger charge is 2.54. The summed E-state index contributed by atoms with van der Waals surface area (Å²) >= 11 is 0. The van der Waals surface area contributed by atoms with Gasteiger partial charge in [-0.1, -0.05) is 0 Å². The average molecular weight is 370 g/mol. The molecule has 25 heavy (non-hydrogen) atoms. The average Bonchev–Trinajstić information content (AvgIpc) is 2.86. The normalized spacial score (nSPS) is 48.0. The monoisotopic (exact) mass is 370 g/mol. The standard InChI is InChI=1S/C14H26O11/c15-1-6-9(18)12(21)10(19)8(24-6)3-23-5-14(4-17)13(22)11(20)7(2-16)25-14/h6-13,15-22H,1-5H2/t6?,7?,8?,9-,10-,11?,12-,13-,14?/m1/s1. The van der Waals surface area contributed by atoms with Gasteiger partial charge in [0, 0.05) is 0 Å². The van der Waals surface area contributed by atoms with Crippen molar-refractivity contribution in [2.24, 2.45) is 0 Å². The predicted octanol–water partition coefficient (Wildman–Crippen LogP) is -5.31. The summed E-state index contributed by atoms with van der Waals surface area (Å²) in [7, 11) is 0. The number of hydrogen-bond donors (Lipinski definition) is 8. The molecule has 11 heteroatoms. The summed E-state index contributed by atoms with van der Waals surface area (Å²) in [4.78, 5) is 0. The Kier molecular flexibility index (Phi) is 7.09. The SMILES string of the molecule is OCC1OC(CO)(COCC2OC(CO)[C@@H](O)[C@@H](O)[C@@H]2O)[C@H](O)C1O. The van der Waals surface area contributed by atoms with Crippen LogP contribution in [0.5, 0.6) is 0 Å². The summed E-state index contributed by atoms with van der Waals surface area (Å²) in [6, 6.07) is 0. The van der Waals surface area contributed by atoms with Gasteiger partial charge in [-0.25, -0.2) is 0 Å². The molecular weight excluding hydrogens is 344 g/mol. The van der Waals surface area contributed by atoms with E-state index in [1.165, 1.54) is 0 Å². The summed E-state index contributed by atoms with van der Waals surface area (Å²) in [5, 5.41) is 76.9. The molecule has 0 amide bonds. The van der Waals surface area contributed by atoms with Crippen LogP contribution in [0.25, 0.3) is 0 Å². The Hall–Kier alpha value is -0.440. The van der Waals surface area contributed by atoms with Gasteiger partial charge in [-0.15, -0.1) is 0 Å². The van der Waals surface area contributed by atoms with Crippen LogP contribution in [-0.2, 0) is 14.2 Å². The van der Waals surface area contributed by atoms with E-state index in [1.54, 1.807) is 0 Å². The Morgan fingerprint density at radius 1 is 0.760 bits per heavy atom. The van der Waals surface area contributed by atoms with Gasteiger partial charge in [-0.3, -0.25) is 0 Å². The van der Waals surface area contributed by atoms with Crippen molar-refractivity contribution in [3.8, 4) is 0 Å². The molecule has 2 aliphatic heterocycles. The third-order valence-electron chi connectivity index (χ3n) is 4.70. The molecule has 2 fully saturated rings. The molecule has 8 N–H and O–H groups in total. The van der Waals surface area contributed by atoms with Gasteiger partial charge in [0.1, 0.15) is 54.4 Å². The van der Waals surface area contributed by atoms with Crippen molar-refractivity contribution < 1.29 is 55.1 Å². The summed E-state index contributed by atoms with van der Waals surface area (Å²) in [5.74, 6) is 0. The van der Waals surface area contributed by atoms with Crippen molar-refractivity contribution in [3.05, 3.63) is 0 Å². The van der Waals surface area contributed by atoms with Crippen LogP contribution in [0.15, 0.2) is 0 Å². The Balaban J connectivity index is 1.94. The molecule has 0 aromatic carbocycles. The number of ether oxygens (including phenoxy) is 3. The Morgan fingerprint density at radius 3 is 1.88 bits per heavy atom. The van der Waals surface area contributed by atoms with Gasteiger partial charge in [-0.05, 0) is 0 Å². The number of rotatable bonds is 7. The molecule has 2 heterocycles. The maximum atomic E-state index is 10.0. The van der Waals surface area contributed by atoms with Crippen molar-refractivity contribution in [2.45, 2.75) is 54.4 Å². The van der Waals surface area contributed by atoms with Gasteiger partial charge >= 0.3 is 0 Å². The molecule has 2 aliphatic rings. The first-order valence-electron chi connectivity index (χ1n) is 7.95. The molecular formula is C14H26O11. The lowest BCUT2D eigenvalue weighted by atomic mass is 9.95. The fourth-order valence-electron chi connectivity index (χ4n) is 3.06. The van der Waals surface area contributed by atoms with Gasteiger partial charge in [-0.2, -0.15) is 0 Å². The second-order valence-corrected chi connectivity index (χ2v) is 6.38. The van der Waals surface area contributed by atoms with Crippen LogP contribution in [0.1, 0.15) is 0 Å². The highest BCUT2D eigenvalue weighted by molar-refractivity contribution is 5.02. The minimum atomic E-state index is -1.67. The highest BCUT2D eigenvalue weighted by Crippen LogP contribution is 2.32. The molecule has 0 aromatic heterocycles. The zero-order valence-corrected chi connectivity index (χ0v) is 13.5. The van der Waals surface area contributed by atoms with Crippen molar-refractivity contribution >= 4 is 0 Å². The van der Waals surface area contributed by atoms with Gasteiger partial charge < -0.3 is 55.1 Å². The van der Waals surface area contributed by atoms with Crippen molar-refractivity contribution in [2.75, 3.05) is 33.0 Å². The van der Waals surface area contributed by atoms with Crippen LogP contribution in [0, 0.1) is 0 Å². The zero-order valence-electron chi connectivity index (χ0n) is 13.5. The zero-order chi connectivity index (χ0) is 18.8. The summed E-state index contributed by atoms with van der Waals surface area (Å²) in [5.41, 5.74) is -1.67. The molecule has 0 radical (unpaired) electrons. The molecule has 5 unspecified atom stereocenters. The Morgan fingerprint density at radius 2 is 1.36 bits per heavy atom. The first-order valence-corrected chi connectivity index (χ1v) is 7.95. The molecule has 2 saturated heterocycles. The lowest BCUT2D eigenvalue weighted by molar-refractivity contribution is -0.244. The molecule has 0 spiro atoms. The largest absolute Gasteiger partial charge is 0.394 e. The minimum Gasteiger partial charge on any atom is -0.394 e. The second kappa shape index (κ2) is 8.50. The lowest BCUT2D eigenvalue weighted by Gasteiger charge is -2.40. The molecule has 0 saturated carbocycles. The van der Waals surface area contributed by atoms with Crippen LogP contribution in [0.2, 0.25) is 0 Å². The van der Waals surface area contributed by atoms with Crippen LogP contribution in [0.4, 0.5) is 0 Å². The van der Waals surface area contributed by atoms with Crippen molar-refractivity contribution in [1.29, 1.82) is 0 Å². The highest BCUT2D eigenvalue weighted by atomic mass is 16.6. The first kappa shape index (κ1) is 20.9. The first-order chi connectivity index (χ1) is 11.8. The molecule has 9 atom stereocenters. The molecule has 0 bridgehead atoms. The predicted molar refractivity (Wildman–Crippen MR) is 78.4 cm³/mol. The van der Waals surface area contributed by atoms with Gasteiger partial charge in [0.25, 0.3) is 0 Å². The molecule has 0 aliphatic carbocycles. The topological polar surface area (TPSA) is 190 Å². The van der Waals surface area contributed by atoms with E-state index in [1.807, 2.05) is 0 Å². The number of aliphatic hydroxyl groups excluding tert-OH is 8. The minimum absolute atomic E-state index is 0.306. The summed E-state index contributed by atoms with van der Waals surface area (Å²) in [6.45, 7) is -2.54. The van der Waals surface area contributed by atoms with E-state index in [0.717, 1.165) is 0 Å². The lowest BCUT2D eigenvalue weighted by Crippen LogP contribution is -2.60.